The maximum absolute atomic E-state index is 13.1. The number of hydrogen-bond donors (Lipinski definition) is 0. The van der Waals surface area contributed by atoms with Gasteiger partial charge in [-0.2, -0.15) is 0 Å². The van der Waals surface area contributed by atoms with Gasteiger partial charge < -0.3 is 9.64 Å². The second-order valence-electron chi connectivity index (χ2n) is 5.07. The number of halogens is 1. The standard InChI is InChI=1S/C17H14FNO2/c1-19(2)13-6-3-11(4-7-13)9-16-17(20)14-8-5-12(18)10-15(14)21-16/h3-10H,1-2H3/b16-9-. The second kappa shape index (κ2) is 5.05. The zero-order chi connectivity index (χ0) is 15.0. The van der Waals surface area contributed by atoms with Crippen LogP contribution in [0.15, 0.2) is 48.2 Å². The Hall–Kier alpha value is -2.62. The Bertz CT molecular complexity index is 733. The summed E-state index contributed by atoms with van der Waals surface area (Å²) in [6, 6.07) is 11.7. The molecule has 2 aromatic rings. The van der Waals surface area contributed by atoms with Crippen molar-refractivity contribution in [2.24, 2.45) is 0 Å². The van der Waals surface area contributed by atoms with Crippen molar-refractivity contribution in [3.63, 3.8) is 0 Å². The summed E-state index contributed by atoms with van der Waals surface area (Å²) in [5.41, 5.74) is 2.32. The average molecular weight is 283 g/mol. The minimum atomic E-state index is -0.418. The molecule has 1 heterocycles. The van der Waals surface area contributed by atoms with Crippen LogP contribution in [-0.2, 0) is 0 Å². The molecule has 0 unspecified atom stereocenters. The van der Waals surface area contributed by atoms with Crippen molar-refractivity contribution in [2.75, 3.05) is 19.0 Å². The van der Waals surface area contributed by atoms with E-state index < -0.39 is 5.82 Å². The minimum absolute atomic E-state index is 0.216. The van der Waals surface area contributed by atoms with Crippen molar-refractivity contribution >= 4 is 17.5 Å². The van der Waals surface area contributed by atoms with Gasteiger partial charge in [-0.15, -0.1) is 0 Å². The highest BCUT2D eigenvalue weighted by molar-refractivity contribution is 6.14. The fraction of sp³-hybridized carbons (Fsp3) is 0.118. The first kappa shape index (κ1) is 13.4. The van der Waals surface area contributed by atoms with Gasteiger partial charge in [0.25, 0.3) is 0 Å². The third kappa shape index (κ3) is 2.52. The van der Waals surface area contributed by atoms with Crippen molar-refractivity contribution < 1.29 is 13.9 Å². The summed E-state index contributed by atoms with van der Waals surface area (Å²) >= 11 is 0. The normalized spacial score (nSPS) is 15.0. The monoisotopic (exact) mass is 283 g/mol. The molecule has 0 aliphatic carbocycles. The number of benzene rings is 2. The number of nitrogens with zero attached hydrogens (tertiary/aromatic N) is 1. The fourth-order valence-corrected chi connectivity index (χ4v) is 2.18. The van der Waals surface area contributed by atoms with E-state index in [-0.39, 0.29) is 17.3 Å². The molecular formula is C17H14FNO2. The summed E-state index contributed by atoms with van der Waals surface area (Å²) in [5, 5.41) is 0. The average Bonchev–Trinajstić information content (AvgIpc) is 2.75. The maximum Gasteiger partial charge on any atom is 0.231 e. The Morgan fingerprint density at radius 2 is 1.81 bits per heavy atom. The van der Waals surface area contributed by atoms with Crippen molar-refractivity contribution in [1.82, 2.24) is 0 Å². The molecule has 0 saturated carbocycles. The van der Waals surface area contributed by atoms with Gasteiger partial charge in [-0.1, -0.05) is 12.1 Å². The lowest BCUT2D eigenvalue weighted by Gasteiger charge is -2.11. The second-order valence-corrected chi connectivity index (χ2v) is 5.07. The highest BCUT2D eigenvalue weighted by Gasteiger charge is 2.27. The van der Waals surface area contributed by atoms with Gasteiger partial charge in [-0.05, 0) is 35.9 Å². The summed E-state index contributed by atoms with van der Waals surface area (Å²) in [6.45, 7) is 0. The van der Waals surface area contributed by atoms with Crippen LogP contribution in [0.2, 0.25) is 0 Å². The molecule has 0 fully saturated rings. The SMILES string of the molecule is CN(C)c1ccc(/C=C2\Oc3cc(F)ccc3C2=O)cc1. The van der Waals surface area contributed by atoms with E-state index in [4.69, 9.17) is 4.74 Å². The van der Waals surface area contributed by atoms with E-state index in [1.54, 1.807) is 6.08 Å². The zero-order valence-corrected chi connectivity index (χ0v) is 11.8. The maximum atomic E-state index is 13.1. The van der Waals surface area contributed by atoms with E-state index in [0.717, 1.165) is 11.3 Å². The van der Waals surface area contributed by atoms with Gasteiger partial charge in [-0.25, -0.2) is 4.39 Å². The predicted molar refractivity (Wildman–Crippen MR) is 80.1 cm³/mol. The number of Topliss-reactive ketones (excluding diaryl/α,β-unsaturated/α-hetero) is 1. The number of rotatable bonds is 2. The molecule has 0 N–H and O–H groups in total. The van der Waals surface area contributed by atoms with Gasteiger partial charge in [-0.3, -0.25) is 4.79 Å². The molecule has 3 nitrogen and oxygen atoms in total. The molecule has 106 valence electrons. The molecule has 4 heteroatoms. The number of carbonyl (C=O) groups excluding carboxylic acids is 1. The fourth-order valence-electron chi connectivity index (χ4n) is 2.18. The predicted octanol–water partition coefficient (Wildman–Crippen LogP) is 3.51. The summed E-state index contributed by atoms with van der Waals surface area (Å²) in [7, 11) is 3.92. The number of ketones is 1. The lowest BCUT2D eigenvalue weighted by Crippen LogP contribution is -2.08. The van der Waals surface area contributed by atoms with Crippen LogP contribution in [0.5, 0.6) is 5.75 Å². The number of hydrogen-bond acceptors (Lipinski definition) is 3. The highest BCUT2D eigenvalue weighted by atomic mass is 19.1. The zero-order valence-electron chi connectivity index (χ0n) is 11.8. The van der Waals surface area contributed by atoms with Gasteiger partial charge in [0.15, 0.2) is 5.76 Å². The van der Waals surface area contributed by atoms with Crippen molar-refractivity contribution in [3.05, 3.63) is 65.2 Å². The Morgan fingerprint density at radius 3 is 2.48 bits per heavy atom. The van der Waals surface area contributed by atoms with Crippen LogP contribution < -0.4 is 9.64 Å². The number of carbonyl (C=O) groups is 1. The summed E-state index contributed by atoms with van der Waals surface area (Å²) in [5.74, 6) is -0.149. The Balaban J connectivity index is 1.90. The first-order valence-corrected chi connectivity index (χ1v) is 6.56. The largest absolute Gasteiger partial charge is 0.452 e. The molecule has 0 bridgehead atoms. The summed E-state index contributed by atoms with van der Waals surface area (Å²) in [4.78, 5) is 14.2. The van der Waals surface area contributed by atoms with E-state index in [1.807, 2.05) is 43.3 Å². The van der Waals surface area contributed by atoms with E-state index in [9.17, 15) is 9.18 Å². The van der Waals surface area contributed by atoms with Crippen LogP contribution in [0.3, 0.4) is 0 Å². The molecule has 0 amide bonds. The van der Waals surface area contributed by atoms with E-state index in [1.165, 1.54) is 18.2 Å². The van der Waals surface area contributed by atoms with Gasteiger partial charge in [0, 0.05) is 25.8 Å². The molecular weight excluding hydrogens is 269 g/mol. The van der Waals surface area contributed by atoms with Gasteiger partial charge in [0.05, 0.1) is 5.56 Å². The minimum Gasteiger partial charge on any atom is -0.452 e. The molecule has 0 aromatic heterocycles. The number of ether oxygens (including phenoxy) is 1. The molecule has 0 atom stereocenters. The summed E-state index contributed by atoms with van der Waals surface area (Å²) < 4.78 is 18.6. The third-order valence-corrected chi connectivity index (χ3v) is 3.34. The van der Waals surface area contributed by atoms with Crippen LogP contribution in [0.25, 0.3) is 6.08 Å². The van der Waals surface area contributed by atoms with Gasteiger partial charge >= 0.3 is 0 Å². The van der Waals surface area contributed by atoms with Crippen LogP contribution in [0.1, 0.15) is 15.9 Å². The van der Waals surface area contributed by atoms with Gasteiger partial charge in [0.1, 0.15) is 11.6 Å². The molecule has 2 aromatic carbocycles. The van der Waals surface area contributed by atoms with Crippen molar-refractivity contribution in [2.45, 2.75) is 0 Å². The lowest BCUT2D eigenvalue weighted by atomic mass is 10.1. The molecule has 0 saturated heterocycles. The van der Waals surface area contributed by atoms with E-state index in [2.05, 4.69) is 0 Å². The number of allylic oxidation sites excluding steroid dienone is 1. The molecule has 1 aliphatic rings. The quantitative estimate of drug-likeness (QED) is 0.790. The first-order valence-electron chi connectivity index (χ1n) is 6.56. The molecule has 0 radical (unpaired) electrons. The van der Waals surface area contributed by atoms with Crippen molar-refractivity contribution in [1.29, 1.82) is 0 Å². The Kier molecular flexibility index (Phi) is 3.22. The topological polar surface area (TPSA) is 29.5 Å². The Labute approximate surface area is 122 Å². The number of fused-ring (bicyclic) bond motifs is 1. The molecule has 1 aliphatic heterocycles. The Morgan fingerprint density at radius 1 is 1.10 bits per heavy atom. The van der Waals surface area contributed by atoms with E-state index >= 15 is 0 Å². The van der Waals surface area contributed by atoms with Crippen molar-refractivity contribution in [3.8, 4) is 5.75 Å². The molecule has 0 spiro atoms. The smallest absolute Gasteiger partial charge is 0.231 e. The molecule has 21 heavy (non-hydrogen) atoms. The van der Waals surface area contributed by atoms with Crippen LogP contribution >= 0.6 is 0 Å². The van der Waals surface area contributed by atoms with Gasteiger partial charge in [0.2, 0.25) is 5.78 Å². The summed E-state index contributed by atoms with van der Waals surface area (Å²) in [6.07, 6.45) is 1.67. The lowest BCUT2D eigenvalue weighted by molar-refractivity contribution is 0.101. The third-order valence-electron chi connectivity index (χ3n) is 3.34. The van der Waals surface area contributed by atoms with Crippen LogP contribution in [0.4, 0.5) is 10.1 Å². The first-order chi connectivity index (χ1) is 10.0. The van der Waals surface area contributed by atoms with Crippen LogP contribution in [-0.4, -0.2) is 19.9 Å². The highest BCUT2D eigenvalue weighted by Crippen LogP contribution is 2.32. The van der Waals surface area contributed by atoms with Crippen LogP contribution in [0, 0.1) is 5.82 Å². The molecule has 3 rings (SSSR count). The van der Waals surface area contributed by atoms with E-state index in [0.29, 0.717) is 5.56 Å². The number of anilines is 1.